The lowest BCUT2D eigenvalue weighted by Gasteiger charge is -2.34. The minimum atomic E-state index is -0.806. The molecular formula is C15H20INO3. The van der Waals surface area contributed by atoms with Gasteiger partial charge in [0.05, 0.1) is 11.2 Å². The molecule has 1 aliphatic rings. The van der Waals surface area contributed by atoms with Gasteiger partial charge < -0.3 is 15.5 Å². The Kier molecular flexibility index (Phi) is 4.90. The molecule has 0 unspecified atom stereocenters. The molecule has 0 radical (unpaired) electrons. The first kappa shape index (κ1) is 15.6. The first-order valence-corrected chi connectivity index (χ1v) is 7.97. The summed E-state index contributed by atoms with van der Waals surface area (Å²) in [6.07, 6.45) is 3.40. The Bertz CT molecular complexity index is 496. The van der Waals surface area contributed by atoms with E-state index < -0.39 is 5.60 Å². The molecule has 1 aromatic rings. The fourth-order valence-electron chi connectivity index (χ4n) is 2.51. The maximum absolute atomic E-state index is 12.1. The molecule has 1 fully saturated rings. The van der Waals surface area contributed by atoms with Crippen molar-refractivity contribution in [3.63, 3.8) is 0 Å². The number of nitrogens with one attached hydrogen (secondary N) is 1. The van der Waals surface area contributed by atoms with Gasteiger partial charge >= 0.3 is 0 Å². The van der Waals surface area contributed by atoms with E-state index in [-0.39, 0.29) is 23.8 Å². The summed E-state index contributed by atoms with van der Waals surface area (Å²) in [7, 11) is 0. The summed E-state index contributed by atoms with van der Waals surface area (Å²) in [5.41, 5.74) is -0.551. The molecule has 0 aliphatic heterocycles. The average molecular weight is 389 g/mol. The van der Waals surface area contributed by atoms with Crippen molar-refractivity contribution in [3.8, 4) is 5.75 Å². The number of benzene rings is 1. The molecule has 110 valence electrons. The molecule has 2 rings (SSSR count). The summed E-state index contributed by atoms with van der Waals surface area (Å²) in [5, 5.41) is 22.9. The second-order valence-corrected chi connectivity index (χ2v) is 7.00. The number of carbonyl (C=O) groups excluding carboxylic acids is 1. The van der Waals surface area contributed by atoms with E-state index in [1.165, 1.54) is 6.07 Å². The standard InChI is InChI=1S/C15H20INO3/c1-10-4-6-15(20,7-5-10)9-17-14(19)12-8-11(16)2-3-13(12)18/h2-3,8,10,18,20H,4-7,9H2,1H3,(H,17,19). The first-order chi connectivity index (χ1) is 9.39. The summed E-state index contributed by atoms with van der Waals surface area (Å²) in [4.78, 5) is 12.1. The van der Waals surface area contributed by atoms with Crippen LogP contribution in [0.25, 0.3) is 0 Å². The maximum Gasteiger partial charge on any atom is 0.255 e. The number of carbonyl (C=O) groups is 1. The van der Waals surface area contributed by atoms with Gasteiger partial charge in [0.2, 0.25) is 0 Å². The van der Waals surface area contributed by atoms with Crippen LogP contribution in [0.4, 0.5) is 0 Å². The molecule has 5 heteroatoms. The lowest BCUT2D eigenvalue weighted by atomic mass is 9.79. The van der Waals surface area contributed by atoms with Gasteiger partial charge in [0, 0.05) is 10.1 Å². The van der Waals surface area contributed by atoms with Gasteiger partial charge in [0.1, 0.15) is 5.75 Å². The zero-order chi connectivity index (χ0) is 14.8. The van der Waals surface area contributed by atoms with Crippen LogP contribution in [-0.4, -0.2) is 28.3 Å². The Morgan fingerprint density at radius 1 is 1.45 bits per heavy atom. The van der Waals surface area contributed by atoms with Crippen LogP contribution < -0.4 is 5.32 Å². The number of phenols is 1. The molecule has 0 saturated heterocycles. The van der Waals surface area contributed by atoms with E-state index in [0.29, 0.717) is 18.8 Å². The molecule has 0 bridgehead atoms. The molecule has 4 nitrogen and oxygen atoms in total. The van der Waals surface area contributed by atoms with Crippen molar-refractivity contribution in [1.29, 1.82) is 0 Å². The Labute approximate surface area is 132 Å². The number of hydrogen-bond donors (Lipinski definition) is 3. The van der Waals surface area contributed by atoms with E-state index in [0.717, 1.165) is 16.4 Å². The number of amides is 1. The Balaban J connectivity index is 1.97. The molecule has 0 aromatic heterocycles. The molecule has 20 heavy (non-hydrogen) atoms. The quantitative estimate of drug-likeness (QED) is 0.697. The molecule has 3 N–H and O–H groups in total. The van der Waals surface area contributed by atoms with Gasteiger partial charge in [-0.2, -0.15) is 0 Å². The predicted molar refractivity (Wildman–Crippen MR) is 85.7 cm³/mol. The first-order valence-electron chi connectivity index (χ1n) is 6.89. The number of hydrogen-bond acceptors (Lipinski definition) is 3. The Morgan fingerprint density at radius 2 is 2.10 bits per heavy atom. The largest absolute Gasteiger partial charge is 0.507 e. The van der Waals surface area contributed by atoms with Crippen LogP contribution in [0.5, 0.6) is 5.75 Å². The number of phenolic OH excluding ortho intramolecular Hbond substituents is 1. The smallest absolute Gasteiger partial charge is 0.255 e. The number of halogens is 1. The van der Waals surface area contributed by atoms with Crippen LogP contribution in [0.3, 0.4) is 0 Å². The molecule has 1 amide bonds. The molecule has 1 aromatic carbocycles. The van der Waals surface area contributed by atoms with Crippen molar-refractivity contribution >= 4 is 28.5 Å². The van der Waals surface area contributed by atoms with Gasteiger partial charge in [-0.25, -0.2) is 0 Å². The van der Waals surface area contributed by atoms with Crippen LogP contribution in [0, 0.1) is 9.49 Å². The summed E-state index contributed by atoms with van der Waals surface area (Å²) < 4.78 is 0.885. The lowest BCUT2D eigenvalue weighted by molar-refractivity contribution is -0.00542. The second kappa shape index (κ2) is 6.30. The molecule has 0 atom stereocenters. The minimum Gasteiger partial charge on any atom is -0.507 e. The Morgan fingerprint density at radius 3 is 2.75 bits per heavy atom. The van der Waals surface area contributed by atoms with Crippen molar-refractivity contribution in [2.45, 2.75) is 38.2 Å². The minimum absolute atomic E-state index is 0.0350. The highest BCUT2D eigenvalue weighted by molar-refractivity contribution is 14.1. The van der Waals surface area contributed by atoms with E-state index in [9.17, 15) is 15.0 Å². The molecular weight excluding hydrogens is 369 g/mol. The third-order valence-electron chi connectivity index (χ3n) is 3.99. The highest BCUT2D eigenvalue weighted by Gasteiger charge is 2.32. The van der Waals surface area contributed by atoms with E-state index in [1.54, 1.807) is 12.1 Å². The Hall–Kier alpha value is -0.820. The second-order valence-electron chi connectivity index (χ2n) is 5.75. The van der Waals surface area contributed by atoms with Gasteiger partial charge in [0.15, 0.2) is 0 Å². The van der Waals surface area contributed by atoms with Crippen LogP contribution in [0.2, 0.25) is 0 Å². The topological polar surface area (TPSA) is 69.6 Å². The fourth-order valence-corrected chi connectivity index (χ4v) is 3.00. The highest BCUT2D eigenvalue weighted by atomic mass is 127. The average Bonchev–Trinajstić information content (AvgIpc) is 2.43. The number of aromatic hydroxyl groups is 1. The van der Waals surface area contributed by atoms with E-state index in [1.807, 2.05) is 0 Å². The molecule has 0 spiro atoms. The van der Waals surface area contributed by atoms with Crippen molar-refractivity contribution in [3.05, 3.63) is 27.3 Å². The zero-order valence-corrected chi connectivity index (χ0v) is 13.7. The summed E-state index contributed by atoms with van der Waals surface area (Å²) in [6, 6.07) is 4.88. The van der Waals surface area contributed by atoms with Crippen LogP contribution in [-0.2, 0) is 0 Å². The van der Waals surface area contributed by atoms with E-state index in [4.69, 9.17) is 0 Å². The zero-order valence-electron chi connectivity index (χ0n) is 11.5. The van der Waals surface area contributed by atoms with Crippen molar-refractivity contribution < 1.29 is 15.0 Å². The van der Waals surface area contributed by atoms with Gasteiger partial charge in [-0.15, -0.1) is 0 Å². The number of rotatable bonds is 3. The fraction of sp³-hybridized carbons (Fsp3) is 0.533. The molecule has 0 heterocycles. The lowest BCUT2D eigenvalue weighted by Crippen LogP contribution is -2.45. The van der Waals surface area contributed by atoms with Gasteiger partial charge in [-0.05, 0) is 72.4 Å². The van der Waals surface area contributed by atoms with Crippen molar-refractivity contribution in [2.24, 2.45) is 5.92 Å². The van der Waals surface area contributed by atoms with Crippen LogP contribution >= 0.6 is 22.6 Å². The van der Waals surface area contributed by atoms with E-state index >= 15 is 0 Å². The van der Waals surface area contributed by atoms with E-state index in [2.05, 4.69) is 34.8 Å². The van der Waals surface area contributed by atoms with Crippen LogP contribution in [0.15, 0.2) is 18.2 Å². The van der Waals surface area contributed by atoms with Crippen molar-refractivity contribution in [1.82, 2.24) is 5.32 Å². The summed E-state index contributed by atoms with van der Waals surface area (Å²) in [6.45, 7) is 2.42. The van der Waals surface area contributed by atoms with Gasteiger partial charge in [0.25, 0.3) is 5.91 Å². The maximum atomic E-state index is 12.1. The molecule has 1 saturated carbocycles. The van der Waals surface area contributed by atoms with Crippen molar-refractivity contribution in [2.75, 3.05) is 6.54 Å². The predicted octanol–water partition coefficient (Wildman–Crippen LogP) is 2.67. The summed E-state index contributed by atoms with van der Waals surface area (Å²) in [5.74, 6) is 0.269. The van der Waals surface area contributed by atoms with Gasteiger partial charge in [-0.1, -0.05) is 6.92 Å². The SMILES string of the molecule is CC1CCC(O)(CNC(=O)c2cc(I)ccc2O)CC1. The molecule has 1 aliphatic carbocycles. The summed E-state index contributed by atoms with van der Waals surface area (Å²) >= 11 is 2.09. The van der Waals surface area contributed by atoms with Crippen LogP contribution in [0.1, 0.15) is 43.0 Å². The highest BCUT2D eigenvalue weighted by Crippen LogP contribution is 2.31. The third-order valence-corrected chi connectivity index (χ3v) is 4.66. The normalized spacial score (nSPS) is 26.2. The third kappa shape index (κ3) is 3.85. The number of aliphatic hydroxyl groups is 1. The monoisotopic (exact) mass is 389 g/mol. The van der Waals surface area contributed by atoms with Gasteiger partial charge in [-0.3, -0.25) is 4.79 Å².